The maximum atomic E-state index is 12.4. The number of rotatable bonds is 4. The van der Waals surface area contributed by atoms with Gasteiger partial charge in [-0.1, -0.05) is 18.2 Å². The molecule has 1 aromatic heterocycles. The molecule has 4 nitrogen and oxygen atoms in total. The summed E-state index contributed by atoms with van der Waals surface area (Å²) in [5.41, 5.74) is 8.89. The molecule has 0 aliphatic carbocycles. The number of nitrogen functional groups attached to an aromatic ring is 1. The number of aryl methyl sites for hydroxylation is 1. The summed E-state index contributed by atoms with van der Waals surface area (Å²) in [4.78, 5) is 14.3. The van der Waals surface area contributed by atoms with E-state index in [1.54, 1.807) is 11.3 Å². The largest absolute Gasteiger partial charge is 0.399 e. The molecule has 0 bridgehead atoms. The van der Waals surface area contributed by atoms with Crippen LogP contribution < -0.4 is 5.73 Å². The fourth-order valence-electron chi connectivity index (χ4n) is 2.70. The summed E-state index contributed by atoms with van der Waals surface area (Å²) in [6, 6.07) is 9.79. The third-order valence-corrected chi connectivity index (χ3v) is 4.70. The molecular weight excluding hydrogens is 296 g/mol. The summed E-state index contributed by atoms with van der Waals surface area (Å²) in [5.74, 6) is 0.173. The minimum absolute atomic E-state index is 0.00532. The number of amides is 1. The van der Waals surface area contributed by atoms with Crippen LogP contribution in [0.15, 0.2) is 41.1 Å². The first-order chi connectivity index (χ1) is 10.7. The van der Waals surface area contributed by atoms with E-state index < -0.39 is 0 Å². The van der Waals surface area contributed by atoms with Crippen molar-refractivity contribution in [2.45, 2.75) is 18.9 Å². The third kappa shape index (κ3) is 3.48. The van der Waals surface area contributed by atoms with Crippen LogP contribution in [-0.2, 0) is 16.0 Å². The number of carbonyl (C=O) groups excluding carboxylic acids is 1. The van der Waals surface area contributed by atoms with Gasteiger partial charge in [-0.25, -0.2) is 0 Å². The maximum absolute atomic E-state index is 12.4. The zero-order valence-electron chi connectivity index (χ0n) is 12.4. The SMILES string of the molecule is Nc1ccccc1CCC(=O)N1CCOC(c2ccsc2)C1. The predicted molar refractivity (Wildman–Crippen MR) is 88.8 cm³/mol. The van der Waals surface area contributed by atoms with Crippen LogP contribution in [0, 0.1) is 0 Å². The van der Waals surface area contributed by atoms with Gasteiger partial charge in [0.1, 0.15) is 6.10 Å². The summed E-state index contributed by atoms with van der Waals surface area (Å²) in [6.07, 6.45) is 1.18. The molecule has 116 valence electrons. The molecule has 2 aromatic rings. The Kier molecular flexibility index (Phi) is 4.75. The van der Waals surface area contributed by atoms with Gasteiger partial charge in [-0.15, -0.1) is 0 Å². The minimum atomic E-state index is 0.00532. The average Bonchev–Trinajstić information content (AvgIpc) is 3.08. The van der Waals surface area contributed by atoms with Crippen molar-refractivity contribution in [1.29, 1.82) is 0 Å². The van der Waals surface area contributed by atoms with Crippen molar-refractivity contribution in [2.24, 2.45) is 0 Å². The number of ether oxygens (including phenoxy) is 1. The van der Waals surface area contributed by atoms with Crippen molar-refractivity contribution < 1.29 is 9.53 Å². The van der Waals surface area contributed by atoms with Crippen molar-refractivity contribution in [3.8, 4) is 0 Å². The number of nitrogens with zero attached hydrogens (tertiary/aromatic N) is 1. The van der Waals surface area contributed by atoms with Crippen LogP contribution in [0.3, 0.4) is 0 Å². The Morgan fingerprint density at radius 2 is 2.23 bits per heavy atom. The Hall–Kier alpha value is -1.85. The van der Waals surface area contributed by atoms with Gasteiger partial charge in [0, 0.05) is 18.7 Å². The first-order valence-corrected chi connectivity index (χ1v) is 8.43. The highest BCUT2D eigenvalue weighted by atomic mass is 32.1. The molecule has 1 aliphatic rings. The molecule has 1 unspecified atom stereocenters. The molecule has 1 atom stereocenters. The molecular formula is C17H20N2O2S. The zero-order valence-corrected chi connectivity index (χ0v) is 13.2. The van der Waals surface area contributed by atoms with E-state index in [-0.39, 0.29) is 12.0 Å². The van der Waals surface area contributed by atoms with Crippen LogP contribution in [0.2, 0.25) is 0 Å². The topological polar surface area (TPSA) is 55.6 Å². The summed E-state index contributed by atoms with van der Waals surface area (Å²) in [6.45, 7) is 1.91. The van der Waals surface area contributed by atoms with Gasteiger partial charge in [0.05, 0.1) is 13.2 Å². The van der Waals surface area contributed by atoms with E-state index in [1.807, 2.05) is 34.5 Å². The molecule has 0 saturated carbocycles. The standard InChI is InChI=1S/C17H20N2O2S/c18-15-4-2-1-3-13(15)5-6-17(20)19-8-9-21-16(11-19)14-7-10-22-12-14/h1-4,7,10,12,16H,5-6,8-9,11,18H2. The highest BCUT2D eigenvalue weighted by Crippen LogP contribution is 2.24. The second-order valence-corrected chi connectivity index (χ2v) is 6.23. The second-order valence-electron chi connectivity index (χ2n) is 5.45. The smallest absolute Gasteiger partial charge is 0.223 e. The lowest BCUT2D eigenvalue weighted by molar-refractivity contribution is -0.139. The molecule has 2 heterocycles. The number of carbonyl (C=O) groups is 1. The Balaban J connectivity index is 1.57. The number of nitrogens with two attached hydrogens (primary N) is 1. The fourth-order valence-corrected chi connectivity index (χ4v) is 3.40. The van der Waals surface area contributed by atoms with Gasteiger partial charge >= 0.3 is 0 Å². The molecule has 5 heteroatoms. The van der Waals surface area contributed by atoms with E-state index in [0.717, 1.165) is 16.8 Å². The summed E-state index contributed by atoms with van der Waals surface area (Å²) in [5, 5.41) is 4.13. The highest BCUT2D eigenvalue weighted by molar-refractivity contribution is 7.07. The van der Waals surface area contributed by atoms with Gasteiger partial charge < -0.3 is 15.4 Å². The van der Waals surface area contributed by atoms with E-state index in [9.17, 15) is 4.79 Å². The van der Waals surface area contributed by atoms with Crippen LogP contribution in [-0.4, -0.2) is 30.5 Å². The van der Waals surface area contributed by atoms with Gasteiger partial charge in [0.2, 0.25) is 5.91 Å². The summed E-state index contributed by atoms with van der Waals surface area (Å²) in [7, 11) is 0. The lowest BCUT2D eigenvalue weighted by Gasteiger charge is -2.33. The van der Waals surface area contributed by atoms with Crippen LogP contribution in [0.1, 0.15) is 23.7 Å². The van der Waals surface area contributed by atoms with Gasteiger partial charge in [0.25, 0.3) is 0 Å². The van der Waals surface area contributed by atoms with Gasteiger partial charge in [0.15, 0.2) is 0 Å². The lowest BCUT2D eigenvalue weighted by atomic mass is 10.1. The minimum Gasteiger partial charge on any atom is -0.399 e. The number of morpholine rings is 1. The van der Waals surface area contributed by atoms with E-state index in [1.165, 1.54) is 0 Å². The number of benzene rings is 1. The Bertz CT molecular complexity index is 627. The number of hydrogen-bond donors (Lipinski definition) is 1. The molecule has 1 aliphatic heterocycles. The number of para-hydroxylation sites is 1. The van der Waals surface area contributed by atoms with Crippen molar-refractivity contribution >= 4 is 22.9 Å². The molecule has 3 rings (SSSR count). The quantitative estimate of drug-likeness (QED) is 0.883. The predicted octanol–water partition coefficient (Wildman–Crippen LogP) is 2.86. The Morgan fingerprint density at radius 1 is 1.36 bits per heavy atom. The molecule has 1 amide bonds. The van der Waals surface area contributed by atoms with Gasteiger partial charge in [-0.3, -0.25) is 4.79 Å². The van der Waals surface area contributed by atoms with Crippen molar-refractivity contribution in [3.05, 3.63) is 52.2 Å². The summed E-state index contributed by atoms with van der Waals surface area (Å²) < 4.78 is 5.78. The van der Waals surface area contributed by atoms with Gasteiger partial charge in [-0.05, 0) is 40.4 Å². The van der Waals surface area contributed by atoms with Crippen LogP contribution in [0.25, 0.3) is 0 Å². The number of hydrogen-bond acceptors (Lipinski definition) is 4. The normalized spacial score (nSPS) is 18.4. The van der Waals surface area contributed by atoms with E-state index >= 15 is 0 Å². The monoisotopic (exact) mass is 316 g/mol. The highest BCUT2D eigenvalue weighted by Gasteiger charge is 2.25. The van der Waals surface area contributed by atoms with Crippen LogP contribution in [0.5, 0.6) is 0 Å². The second kappa shape index (κ2) is 6.94. The van der Waals surface area contributed by atoms with Gasteiger partial charge in [-0.2, -0.15) is 11.3 Å². The molecule has 1 fully saturated rings. The Labute approximate surface area is 134 Å². The van der Waals surface area contributed by atoms with Crippen LogP contribution >= 0.6 is 11.3 Å². The summed E-state index contributed by atoms with van der Waals surface area (Å²) >= 11 is 1.65. The van der Waals surface area contributed by atoms with Crippen molar-refractivity contribution in [1.82, 2.24) is 4.90 Å². The van der Waals surface area contributed by atoms with E-state index in [0.29, 0.717) is 32.5 Å². The van der Waals surface area contributed by atoms with E-state index in [2.05, 4.69) is 11.4 Å². The molecule has 0 spiro atoms. The van der Waals surface area contributed by atoms with Crippen molar-refractivity contribution in [2.75, 3.05) is 25.4 Å². The maximum Gasteiger partial charge on any atom is 0.223 e. The molecule has 1 saturated heterocycles. The lowest BCUT2D eigenvalue weighted by Crippen LogP contribution is -2.42. The third-order valence-electron chi connectivity index (χ3n) is 4.00. The van der Waals surface area contributed by atoms with E-state index in [4.69, 9.17) is 10.5 Å². The average molecular weight is 316 g/mol. The molecule has 22 heavy (non-hydrogen) atoms. The first kappa shape index (κ1) is 15.1. The Morgan fingerprint density at radius 3 is 3.00 bits per heavy atom. The van der Waals surface area contributed by atoms with Crippen LogP contribution in [0.4, 0.5) is 5.69 Å². The number of thiophene rings is 1. The first-order valence-electron chi connectivity index (χ1n) is 7.49. The molecule has 0 radical (unpaired) electrons. The molecule has 2 N–H and O–H groups in total. The molecule has 1 aromatic carbocycles. The van der Waals surface area contributed by atoms with Crippen molar-refractivity contribution in [3.63, 3.8) is 0 Å². The zero-order chi connectivity index (χ0) is 15.4. The number of anilines is 1. The fraction of sp³-hybridized carbons (Fsp3) is 0.353.